The minimum absolute atomic E-state index is 1.26. The van der Waals surface area contributed by atoms with Gasteiger partial charge in [-0.15, -0.1) is 11.8 Å². The molecule has 0 amide bonds. The molecule has 1 heteroatoms. The Labute approximate surface area is 136 Å². The SMILES string of the molecule is CCCCCCCCCCCCS/C=C/c1ccccc1. The van der Waals surface area contributed by atoms with Crippen LogP contribution in [0.5, 0.6) is 0 Å². The fraction of sp³-hybridized carbons (Fsp3) is 0.600. The van der Waals surface area contributed by atoms with Gasteiger partial charge in [0.25, 0.3) is 0 Å². The summed E-state index contributed by atoms with van der Waals surface area (Å²) < 4.78 is 0. The van der Waals surface area contributed by atoms with E-state index < -0.39 is 0 Å². The largest absolute Gasteiger partial charge is 0.134 e. The number of hydrogen-bond donors (Lipinski definition) is 0. The molecular weight excluding hydrogens is 272 g/mol. The van der Waals surface area contributed by atoms with E-state index in [0.717, 1.165) is 0 Å². The fourth-order valence-electron chi connectivity index (χ4n) is 2.43. The van der Waals surface area contributed by atoms with Gasteiger partial charge in [0.1, 0.15) is 0 Å². The van der Waals surface area contributed by atoms with Crippen molar-refractivity contribution < 1.29 is 0 Å². The summed E-state index contributed by atoms with van der Waals surface area (Å²) >= 11 is 1.94. The number of unbranched alkanes of at least 4 members (excludes halogenated alkanes) is 9. The fourth-order valence-corrected chi connectivity index (χ4v) is 3.19. The van der Waals surface area contributed by atoms with Gasteiger partial charge in [-0.05, 0) is 29.2 Å². The van der Waals surface area contributed by atoms with Gasteiger partial charge in [-0.3, -0.25) is 0 Å². The average Bonchev–Trinajstić information content (AvgIpc) is 2.53. The van der Waals surface area contributed by atoms with Crippen molar-refractivity contribution in [3.63, 3.8) is 0 Å². The van der Waals surface area contributed by atoms with Gasteiger partial charge in [0.05, 0.1) is 0 Å². The van der Waals surface area contributed by atoms with Crippen LogP contribution >= 0.6 is 11.8 Å². The molecule has 0 aliphatic heterocycles. The Balaban J connectivity index is 1.82. The summed E-state index contributed by atoms with van der Waals surface area (Å²) in [6.45, 7) is 2.28. The molecule has 118 valence electrons. The quantitative estimate of drug-likeness (QED) is 0.344. The lowest BCUT2D eigenvalue weighted by molar-refractivity contribution is 0.563. The molecular formula is C20H32S. The zero-order valence-corrected chi connectivity index (χ0v) is 14.5. The summed E-state index contributed by atoms with van der Waals surface area (Å²) in [7, 11) is 0. The second kappa shape index (κ2) is 14.3. The highest BCUT2D eigenvalue weighted by molar-refractivity contribution is 8.02. The molecule has 0 aliphatic carbocycles. The van der Waals surface area contributed by atoms with E-state index in [9.17, 15) is 0 Å². The van der Waals surface area contributed by atoms with Gasteiger partial charge in [0.2, 0.25) is 0 Å². The lowest BCUT2D eigenvalue weighted by atomic mass is 10.1. The highest BCUT2D eigenvalue weighted by Gasteiger charge is 1.92. The van der Waals surface area contributed by atoms with E-state index in [1.54, 1.807) is 0 Å². The lowest BCUT2D eigenvalue weighted by Crippen LogP contribution is -1.83. The Kier molecular flexibility index (Phi) is 12.5. The molecule has 0 saturated heterocycles. The van der Waals surface area contributed by atoms with E-state index in [4.69, 9.17) is 0 Å². The normalized spacial score (nSPS) is 11.3. The summed E-state index contributed by atoms with van der Waals surface area (Å²) in [6, 6.07) is 10.5. The molecule has 0 unspecified atom stereocenters. The number of hydrogen-bond acceptors (Lipinski definition) is 1. The summed E-state index contributed by atoms with van der Waals surface area (Å²) in [5, 5.41) is 2.24. The average molecular weight is 305 g/mol. The van der Waals surface area contributed by atoms with E-state index in [-0.39, 0.29) is 0 Å². The van der Waals surface area contributed by atoms with Crippen LogP contribution in [0.25, 0.3) is 6.08 Å². The van der Waals surface area contributed by atoms with Crippen LogP contribution in [0.3, 0.4) is 0 Å². The molecule has 0 heterocycles. The Morgan fingerprint density at radius 2 is 1.33 bits per heavy atom. The molecule has 0 nitrogen and oxygen atoms in total. The molecule has 0 bridgehead atoms. The van der Waals surface area contributed by atoms with Gasteiger partial charge in [-0.2, -0.15) is 0 Å². The topological polar surface area (TPSA) is 0 Å². The van der Waals surface area contributed by atoms with Crippen molar-refractivity contribution in [1.82, 2.24) is 0 Å². The molecule has 0 aliphatic rings. The van der Waals surface area contributed by atoms with Gasteiger partial charge in [0.15, 0.2) is 0 Å². The van der Waals surface area contributed by atoms with E-state index in [1.165, 1.54) is 75.5 Å². The second-order valence-corrected chi connectivity index (χ2v) is 6.78. The van der Waals surface area contributed by atoms with E-state index in [0.29, 0.717) is 0 Å². The van der Waals surface area contributed by atoms with Crippen molar-refractivity contribution in [3.05, 3.63) is 41.3 Å². The highest BCUT2D eigenvalue weighted by atomic mass is 32.2. The summed E-state index contributed by atoms with van der Waals surface area (Å²) in [5.41, 5.74) is 1.30. The van der Waals surface area contributed by atoms with Crippen molar-refractivity contribution >= 4 is 17.8 Å². The molecule has 0 radical (unpaired) electrons. The minimum atomic E-state index is 1.26. The van der Waals surface area contributed by atoms with Crippen LogP contribution in [-0.4, -0.2) is 5.75 Å². The first-order valence-corrected chi connectivity index (χ1v) is 9.81. The monoisotopic (exact) mass is 304 g/mol. The molecule has 0 N–H and O–H groups in total. The second-order valence-electron chi connectivity index (χ2n) is 5.77. The van der Waals surface area contributed by atoms with Crippen LogP contribution < -0.4 is 0 Å². The maximum absolute atomic E-state index is 2.28. The van der Waals surface area contributed by atoms with E-state index in [2.05, 4.69) is 48.7 Å². The molecule has 0 spiro atoms. The Morgan fingerprint density at radius 1 is 0.762 bits per heavy atom. The zero-order valence-electron chi connectivity index (χ0n) is 13.7. The van der Waals surface area contributed by atoms with E-state index in [1.807, 2.05) is 11.8 Å². The van der Waals surface area contributed by atoms with Crippen molar-refractivity contribution in [1.29, 1.82) is 0 Å². The molecule has 1 rings (SSSR count). The highest BCUT2D eigenvalue weighted by Crippen LogP contribution is 2.14. The third kappa shape index (κ3) is 11.6. The van der Waals surface area contributed by atoms with Crippen LogP contribution in [0.2, 0.25) is 0 Å². The first-order valence-electron chi connectivity index (χ1n) is 8.76. The van der Waals surface area contributed by atoms with Crippen molar-refractivity contribution in [2.24, 2.45) is 0 Å². The number of rotatable bonds is 13. The smallest absolute Gasteiger partial charge is 0.00260 e. The molecule has 0 fully saturated rings. The number of thioether (sulfide) groups is 1. The van der Waals surface area contributed by atoms with Gasteiger partial charge in [-0.25, -0.2) is 0 Å². The third-order valence-electron chi connectivity index (χ3n) is 3.77. The molecule has 21 heavy (non-hydrogen) atoms. The molecule has 1 aromatic carbocycles. The van der Waals surface area contributed by atoms with Crippen molar-refractivity contribution in [3.8, 4) is 0 Å². The van der Waals surface area contributed by atoms with Crippen LogP contribution in [-0.2, 0) is 0 Å². The molecule has 1 aromatic rings. The minimum Gasteiger partial charge on any atom is -0.134 e. The third-order valence-corrected chi connectivity index (χ3v) is 4.62. The van der Waals surface area contributed by atoms with Gasteiger partial charge in [-0.1, -0.05) is 95.0 Å². The lowest BCUT2D eigenvalue weighted by Gasteiger charge is -2.01. The van der Waals surface area contributed by atoms with Gasteiger partial charge >= 0.3 is 0 Å². The summed E-state index contributed by atoms with van der Waals surface area (Å²) in [6.07, 6.45) is 16.4. The predicted octanol–water partition coefficient (Wildman–Crippen LogP) is 7.31. The number of benzene rings is 1. The summed E-state index contributed by atoms with van der Waals surface area (Å²) in [5.74, 6) is 1.26. The first-order chi connectivity index (χ1) is 10.4. The predicted molar refractivity (Wildman–Crippen MR) is 99.8 cm³/mol. The molecule has 0 saturated carbocycles. The van der Waals surface area contributed by atoms with Crippen LogP contribution in [0.4, 0.5) is 0 Å². The van der Waals surface area contributed by atoms with Crippen molar-refractivity contribution in [2.45, 2.75) is 71.1 Å². The molecule has 0 atom stereocenters. The zero-order chi connectivity index (χ0) is 15.0. The maximum atomic E-state index is 2.28. The molecule has 0 aromatic heterocycles. The van der Waals surface area contributed by atoms with E-state index >= 15 is 0 Å². The van der Waals surface area contributed by atoms with Crippen LogP contribution in [0, 0.1) is 0 Å². The van der Waals surface area contributed by atoms with Crippen LogP contribution in [0.15, 0.2) is 35.7 Å². The van der Waals surface area contributed by atoms with Gasteiger partial charge in [0, 0.05) is 0 Å². The Hall–Kier alpha value is -0.690. The van der Waals surface area contributed by atoms with Gasteiger partial charge < -0.3 is 0 Å². The standard InChI is InChI=1S/C20H32S/c1-2-3-4-5-6-7-8-9-10-14-18-21-19-17-20-15-12-11-13-16-20/h11-13,15-17,19H,2-10,14,18H2,1H3/b19-17+. The van der Waals surface area contributed by atoms with Crippen LogP contribution in [0.1, 0.15) is 76.7 Å². The van der Waals surface area contributed by atoms with Crippen molar-refractivity contribution in [2.75, 3.05) is 5.75 Å². The Morgan fingerprint density at radius 3 is 1.95 bits per heavy atom. The maximum Gasteiger partial charge on any atom is -0.00260 e. The summed E-state index contributed by atoms with van der Waals surface area (Å²) in [4.78, 5) is 0. The first kappa shape index (κ1) is 18.4. The Bertz CT molecular complexity index is 342.